The Kier molecular flexibility index (Phi) is 5.06. The topological polar surface area (TPSA) is 73.7 Å². The smallest absolute Gasteiger partial charge is 0.339 e. The van der Waals surface area contributed by atoms with Gasteiger partial charge in [-0.15, -0.1) is 0 Å². The van der Waals surface area contributed by atoms with Gasteiger partial charge in [0.25, 0.3) is 5.91 Å². The third kappa shape index (κ3) is 3.46. The van der Waals surface area contributed by atoms with E-state index in [0.717, 1.165) is 46.3 Å². The average molecular weight is 468 g/mol. The Morgan fingerprint density at radius 1 is 1.11 bits per heavy atom. The van der Waals surface area contributed by atoms with Gasteiger partial charge in [-0.1, -0.05) is 24.3 Å². The van der Waals surface area contributed by atoms with E-state index in [-0.39, 0.29) is 11.9 Å². The Morgan fingerprint density at radius 3 is 2.63 bits per heavy atom. The number of hydrogen-bond donors (Lipinski definition) is 0. The predicted octanol–water partition coefficient (Wildman–Crippen LogP) is 5.25. The largest absolute Gasteiger partial charge is 0.497 e. The standard InChI is InChI=1S/C28H25N3O4/c1-3-35-28(33)22-13-14-30(25(22)18-9-10-18)23-15-29-26-24-20(23)5-4-6-21(24)27(32)31(26)16-17-7-11-19(34-2)12-8-17/h4-8,11-15,18H,3,9-10,16H2,1-2H3. The first-order chi connectivity index (χ1) is 17.1. The van der Waals surface area contributed by atoms with Crippen molar-refractivity contribution in [1.82, 2.24) is 9.55 Å². The SMILES string of the molecule is CCOC(=O)c1ccn(-c2cnc3c4c(cccc24)C(=O)N3Cc2ccc(OC)cc2)c1C1CC1. The summed E-state index contributed by atoms with van der Waals surface area (Å²) in [6, 6.07) is 15.3. The quantitative estimate of drug-likeness (QED) is 0.347. The number of ether oxygens (including phenoxy) is 2. The third-order valence-corrected chi connectivity index (χ3v) is 6.75. The molecule has 1 amide bonds. The van der Waals surface area contributed by atoms with Crippen LogP contribution >= 0.6 is 0 Å². The van der Waals surface area contributed by atoms with Crippen LogP contribution < -0.4 is 9.64 Å². The van der Waals surface area contributed by atoms with Crippen LogP contribution in [0.2, 0.25) is 0 Å². The van der Waals surface area contributed by atoms with E-state index in [1.54, 1.807) is 12.0 Å². The number of esters is 1. The number of anilines is 1. The van der Waals surface area contributed by atoms with Crippen LogP contribution in [0, 0.1) is 0 Å². The van der Waals surface area contributed by atoms with Crippen molar-refractivity contribution in [2.24, 2.45) is 0 Å². The molecule has 1 aliphatic carbocycles. The molecular formula is C28H25N3O4. The van der Waals surface area contributed by atoms with Crippen molar-refractivity contribution < 1.29 is 19.1 Å². The first kappa shape index (κ1) is 21.4. The molecule has 0 atom stereocenters. The lowest BCUT2D eigenvalue weighted by Gasteiger charge is -2.18. The summed E-state index contributed by atoms with van der Waals surface area (Å²) >= 11 is 0. The highest BCUT2D eigenvalue weighted by atomic mass is 16.5. The number of aromatic nitrogens is 2. The third-order valence-electron chi connectivity index (χ3n) is 6.75. The average Bonchev–Trinajstić information content (AvgIpc) is 3.57. The van der Waals surface area contributed by atoms with Crippen molar-refractivity contribution in [1.29, 1.82) is 0 Å². The number of pyridine rings is 1. The summed E-state index contributed by atoms with van der Waals surface area (Å²) < 4.78 is 12.6. The molecule has 0 saturated heterocycles. The van der Waals surface area contributed by atoms with E-state index in [1.807, 2.05) is 67.8 Å². The number of carbonyl (C=O) groups excluding carboxylic acids is 2. The van der Waals surface area contributed by atoms with Gasteiger partial charge in [0, 0.05) is 28.6 Å². The second-order valence-corrected chi connectivity index (χ2v) is 8.91. The number of benzene rings is 2. The van der Waals surface area contributed by atoms with Crippen LogP contribution in [0.5, 0.6) is 5.75 Å². The number of hydrogen-bond acceptors (Lipinski definition) is 5. The molecule has 176 valence electrons. The number of rotatable bonds is 7. The normalized spacial score (nSPS) is 14.6. The molecule has 4 aromatic rings. The van der Waals surface area contributed by atoms with E-state index in [4.69, 9.17) is 14.5 Å². The first-order valence-electron chi connectivity index (χ1n) is 11.9. The minimum Gasteiger partial charge on any atom is -0.497 e. The van der Waals surface area contributed by atoms with E-state index < -0.39 is 0 Å². The predicted molar refractivity (Wildman–Crippen MR) is 133 cm³/mol. The second-order valence-electron chi connectivity index (χ2n) is 8.91. The van der Waals surface area contributed by atoms with E-state index in [2.05, 4.69) is 4.57 Å². The number of methoxy groups -OCH3 is 1. The van der Waals surface area contributed by atoms with Gasteiger partial charge in [0.05, 0.1) is 43.3 Å². The fourth-order valence-corrected chi connectivity index (χ4v) is 4.95. The van der Waals surface area contributed by atoms with Gasteiger partial charge in [-0.25, -0.2) is 9.78 Å². The van der Waals surface area contributed by atoms with Crippen LogP contribution in [0.15, 0.2) is 60.9 Å². The summed E-state index contributed by atoms with van der Waals surface area (Å²) in [5.74, 6) is 1.39. The maximum atomic E-state index is 13.4. The van der Waals surface area contributed by atoms with Gasteiger partial charge >= 0.3 is 5.97 Å². The second kappa shape index (κ2) is 8.27. The van der Waals surface area contributed by atoms with Crippen molar-refractivity contribution in [3.63, 3.8) is 0 Å². The molecule has 7 heteroatoms. The molecule has 0 radical (unpaired) electrons. The number of amides is 1. The van der Waals surface area contributed by atoms with Crippen LogP contribution in [0.1, 0.15) is 57.7 Å². The van der Waals surface area contributed by atoms with Gasteiger partial charge in [-0.05, 0) is 49.6 Å². The van der Waals surface area contributed by atoms with E-state index in [9.17, 15) is 9.59 Å². The molecule has 0 spiro atoms. The Balaban J connectivity index is 1.45. The Labute approximate surface area is 202 Å². The summed E-state index contributed by atoms with van der Waals surface area (Å²) in [7, 11) is 1.63. The molecule has 3 heterocycles. The number of nitrogens with zero attached hydrogens (tertiary/aromatic N) is 3. The summed E-state index contributed by atoms with van der Waals surface area (Å²) in [6.07, 6.45) is 5.80. The fourth-order valence-electron chi connectivity index (χ4n) is 4.95. The summed E-state index contributed by atoms with van der Waals surface area (Å²) in [4.78, 5) is 32.5. The molecule has 35 heavy (non-hydrogen) atoms. The highest BCUT2D eigenvalue weighted by molar-refractivity contribution is 6.25. The van der Waals surface area contributed by atoms with Gasteiger partial charge in [0.2, 0.25) is 0 Å². The monoisotopic (exact) mass is 467 g/mol. The molecule has 0 bridgehead atoms. The van der Waals surface area contributed by atoms with Gasteiger partial charge in [0.15, 0.2) is 0 Å². The van der Waals surface area contributed by atoms with E-state index >= 15 is 0 Å². The lowest BCUT2D eigenvalue weighted by Crippen LogP contribution is -2.26. The Bertz CT molecular complexity index is 1470. The molecule has 1 aliphatic heterocycles. The molecule has 2 aromatic heterocycles. The molecule has 0 unspecified atom stereocenters. The summed E-state index contributed by atoms with van der Waals surface area (Å²) in [5.41, 5.74) is 4.07. The zero-order valence-electron chi connectivity index (χ0n) is 19.7. The van der Waals surface area contributed by atoms with Crippen LogP contribution in [-0.4, -0.2) is 35.1 Å². The highest BCUT2D eigenvalue weighted by Crippen LogP contribution is 2.45. The van der Waals surface area contributed by atoms with Crippen LogP contribution in [0.25, 0.3) is 16.5 Å². The molecule has 7 nitrogen and oxygen atoms in total. The van der Waals surface area contributed by atoms with E-state index in [0.29, 0.717) is 36.0 Å². The zero-order valence-corrected chi connectivity index (χ0v) is 19.7. The molecule has 1 fully saturated rings. The maximum Gasteiger partial charge on any atom is 0.339 e. The van der Waals surface area contributed by atoms with Crippen molar-refractivity contribution in [2.75, 3.05) is 18.6 Å². The Hall–Kier alpha value is -4.13. The van der Waals surface area contributed by atoms with Crippen molar-refractivity contribution in [3.8, 4) is 11.4 Å². The van der Waals surface area contributed by atoms with Crippen LogP contribution in [0.3, 0.4) is 0 Å². The Morgan fingerprint density at radius 2 is 1.91 bits per heavy atom. The zero-order chi connectivity index (χ0) is 24.1. The lowest BCUT2D eigenvalue weighted by molar-refractivity contribution is 0.0525. The molecular weight excluding hydrogens is 442 g/mol. The van der Waals surface area contributed by atoms with E-state index in [1.165, 1.54) is 0 Å². The van der Waals surface area contributed by atoms with Crippen molar-refractivity contribution in [3.05, 3.63) is 83.3 Å². The van der Waals surface area contributed by atoms with Gasteiger partial charge in [-0.2, -0.15) is 0 Å². The minimum atomic E-state index is -0.298. The van der Waals surface area contributed by atoms with Gasteiger partial charge in [0.1, 0.15) is 11.6 Å². The molecule has 6 rings (SSSR count). The lowest BCUT2D eigenvalue weighted by atomic mass is 10.1. The highest BCUT2D eigenvalue weighted by Gasteiger charge is 2.35. The van der Waals surface area contributed by atoms with Crippen LogP contribution in [0.4, 0.5) is 5.82 Å². The summed E-state index contributed by atoms with van der Waals surface area (Å²) in [6.45, 7) is 2.57. The number of carbonyl (C=O) groups is 2. The molecule has 2 aromatic carbocycles. The summed E-state index contributed by atoms with van der Waals surface area (Å²) in [5, 5.41) is 1.78. The minimum absolute atomic E-state index is 0.0618. The first-order valence-corrected chi connectivity index (χ1v) is 11.9. The van der Waals surface area contributed by atoms with Crippen molar-refractivity contribution in [2.45, 2.75) is 32.2 Å². The molecule has 1 saturated carbocycles. The molecule has 0 N–H and O–H groups in total. The van der Waals surface area contributed by atoms with Crippen molar-refractivity contribution >= 4 is 28.5 Å². The maximum absolute atomic E-state index is 13.4. The van der Waals surface area contributed by atoms with Gasteiger partial charge < -0.3 is 14.0 Å². The molecule has 2 aliphatic rings. The van der Waals surface area contributed by atoms with Crippen LogP contribution in [-0.2, 0) is 11.3 Å². The van der Waals surface area contributed by atoms with Gasteiger partial charge in [-0.3, -0.25) is 9.69 Å². The fraction of sp³-hybridized carbons (Fsp3) is 0.250.